The normalized spacial score (nSPS) is 12.4. The van der Waals surface area contributed by atoms with Crippen LogP contribution < -0.4 is 15.2 Å². The highest BCUT2D eigenvalue weighted by Crippen LogP contribution is 2.42. The van der Waals surface area contributed by atoms with Crippen LogP contribution in [0.15, 0.2) is 10.5 Å². The van der Waals surface area contributed by atoms with Crippen LogP contribution in [0.25, 0.3) is 0 Å². The Labute approximate surface area is 103 Å². The molecular formula is C11H16BrNO3. The van der Waals surface area contributed by atoms with Gasteiger partial charge in [-0.25, -0.2) is 0 Å². The Hall–Kier alpha value is -0.780. The number of nitrogens with two attached hydrogens (primary N) is 1. The summed E-state index contributed by atoms with van der Waals surface area (Å²) in [5.74, 6) is 1.09. The van der Waals surface area contributed by atoms with Crippen molar-refractivity contribution in [1.29, 1.82) is 0 Å². The zero-order chi connectivity index (χ0) is 12.3. The Kier molecular flexibility index (Phi) is 4.58. The Morgan fingerprint density at radius 3 is 2.38 bits per heavy atom. The summed E-state index contributed by atoms with van der Waals surface area (Å²) < 4.78 is 11.3. The molecule has 0 heterocycles. The summed E-state index contributed by atoms with van der Waals surface area (Å²) >= 11 is 3.39. The van der Waals surface area contributed by atoms with Crippen molar-refractivity contribution in [3.05, 3.63) is 21.7 Å². The summed E-state index contributed by atoms with van der Waals surface area (Å²) in [5.41, 5.74) is 7.04. The van der Waals surface area contributed by atoms with Gasteiger partial charge in [0.15, 0.2) is 11.5 Å². The third kappa shape index (κ3) is 2.31. The second kappa shape index (κ2) is 5.52. The molecule has 0 aliphatic carbocycles. The SMILES string of the molecule is COc1c(Br)cc(C)c(C(O)CN)c1OC. The molecule has 1 aromatic carbocycles. The van der Waals surface area contributed by atoms with Gasteiger partial charge in [0.05, 0.1) is 24.8 Å². The molecule has 0 aromatic heterocycles. The van der Waals surface area contributed by atoms with Gasteiger partial charge < -0.3 is 20.3 Å². The van der Waals surface area contributed by atoms with Crippen LogP contribution in [0.5, 0.6) is 11.5 Å². The standard InChI is InChI=1S/C11H16BrNO3/c1-6-4-7(12)10(15-2)11(16-3)9(6)8(14)5-13/h4,8,14H,5,13H2,1-3H3. The van der Waals surface area contributed by atoms with E-state index < -0.39 is 6.10 Å². The van der Waals surface area contributed by atoms with Gasteiger partial charge in [0.25, 0.3) is 0 Å². The number of benzene rings is 1. The first kappa shape index (κ1) is 13.3. The maximum Gasteiger partial charge on any atom is 0.175 e. The Balaban J connectivity index is 3.45. The van der Waals surface area contributed by atoms with E-state index in [4.69, 9.17) is 15.2 Å². The van der Waals surface area contributed by atoms with Crippen molar-refractivity contribution in [2.24, 2.45) is 5.73 Å². The summed E-state index contributed by atoms with van der Waals surface area (Å²) in [4.78, 5) is 0. The minimum Gasteiger partial charge on any atom is -0.492 e. The van der Waals surface area contributed by atoms with E-state index in [0.717, 1.165) is 10.0 Å². The number of aryl methyl sites for hydroxylation is 1. The lowest BCUT2D eigenvalue weighted by Crippen LogP contribution is -2.14. The van der Waals surface area contributed by atoms with Crippen molar-refractivity contribution in [1.82, 2.24) is 0 Å². The largest absolute Gasteiger partial charge is 0.492 e. The lowest BCUT2D eigenvalue weighted by molar-refractivity contribution is 0.180. The number of ether oxygens (including phenoxy) is 2. The molecule has 3 N–H and O–H groups in total. The summed E-state index contributed by atoms with van der Waals surface area (Å²) in [7, 11) is 3.09. The number of rotatable bonds is 4. The number of halogens is 1. The topological polar surface area (TPSA) is 64.7 Å². The van der Waals surface area contributed by atoms with Crippen molar-refractivity contribution in [3.8, 4) is 11.5 Å². The molecule has 1 atom stereocenters. The van der Waals surface area contributed by atoms with Crippen molar-refractivity contribution >= 4 is 15.9 Å². The number of hydrogen-bond acceptors (Lipinski definition) is 4. The summed E-state index contributed by atoms with van der Waals surface area (Å²) in [6, 6.07) is 1.87. The molecule has 0 bridgehead atoms. The maximum absolute atomic E-state index is 9.86. The molecule has 1 aromatic rings. The fraction of sp³-hybridized carbons (Fsp3) is 0.455. The third-order valence-electron chi connectivity index (χ3n) is 2.40. The van der Waals surface area contributed by atoms with Gasteiger partial charge in [-0.2, -0.15) is 0 Å². The lowest BCUT2D eigenvalue weighted by atomic mass is 10.0. The van der Waals surface area contributed by atoms with Crippen LogP contribution in [-0.2, 0) is 0 Å². The van der Waals surface area contributed by atoms with Gasteiger partial charge in [0.2, 0.25) is 0 Å². The lowest BCUT2D eigenvalue weighted by Gasteiger charge is -2.19. The first-order chi connectivity index (χ1) is 7.56. The molecule has 5 heteroatoms. The van der Waals surface area contributed by atoms with E-state index in [1.54, 1.807) is 7.11 Å². The fourth-order valence-electron chi connectivity index (χ4n) is 1.67. The van der Waals surface area contributed by atoms with E-state index in [9.17, 15) is 5.11 Å². The molecule has 0 saturated heterocycles. The highest BCUT2D eigenvalue weighted by molar-refractivity contribution is 9.10. The minimum atomic E-state index is -0.753. The number of methoxy groups -OCH3 is 2. The Morgan fingerprint density at radius 2 is 1.94 bits per heavy atom. The Bertz CT molecular complexity index is 382. The molecule has 4 nitrogen and oxygen atoms in total. The summed E-state index contributed by atoms with van der Waals surface area (Å²) in [6.07, 6.45) is -0.753. The highest BCUT2D eigenvalue weighted by Gasteiger charge is 2.21. The van der Waals surface area contributed by atoms with Crippen molar-refractivity contribution in [2.45, 2.75) is 13.0 Å². The van der Waals surface area contributed by atoms with Gasteiger partial charge >= 0.3 is 0 Å². The van der Waals surface area contributed by atoms with E-state index in [1.165, 1.54) is 7.11 Å². The van der Waals surface area contributed by atoms with Crippen molar-refractivity contribution in [3.63, 3.8) is 0 Å². The van der Waals surface area contributed by atoms with Gasteiger partial charge in [-0.05, 0) is 34.5 Å². The van der Waals surface area contributed by atoms with E-state index in [-0.39, 0.29) is 6.54 Å². The van der Waals surface area contributed by atoms with Crippen LogP contribution in [0.2, 0.25) is 0 Å². The van der Waals surface area contributed by atoms with Crippen LogP contribution >= 0.6 is 15.9 Å². The first-order valence-corrected chi connectivity index (χ1v) is 5.65. The van der Waals surface area contributed by atoms with E-state index in [0.29, 0.717) is 17.1 Å². The molecule has 0 radical (unpaired) electrons. The molecule has 90 valence electrons. The molecule has 16 heavy (non-hydrogen) atoms. The predicted octanol–water partition coefficient (Wildman–Crippen LogP) is 1.77. The van der Waals surface area contributed by atoms with Crippen LogP contribution in [0, 0.1) is 6.92 Å². The molecule has 1 rings (SSSR count). The average Bonchev–Trinajstić information content (AvgIpc) is 2.27. The van der Waals surface area contributed by atoms with Crippen LogP contribution in [0.1, 0.15) is 17.2 Å². The molecule has 0 amide bonds. The summed E-state index contributed by atoms with van der Waals surface area (Å²) in [6.45, 7) is 2.03. The van der Waals surface area contributed by atoms with Crippen molar-refractivity contribution < 1.29 is 14.6 Å². The van der Waals surface area contributed by atoms with Gasteiger partial charge in [-0.1, -0.05) is 0 Å². The quantitative estimate of drug-likeness (QED) is 0.887. The highest BCUT2D eigenvalue weighted by atomic mass is 79.9. The van der Waals surface area contributed by atoms with Crippen LogP contribution in [-0.4, -0.2) is 25.9 Å². The molecule has 0 aliphatic heterocycles. The predicted molar refractivity (Wildman–Crippen MR) is 66.0 cm³/mol. The molecule has 0 spiro atoms. The van der Waals surface area contributed by atoms with Gasteiger partial charge in [0, 0.05) is 12.1 Å². The van der Waals surface area contributed by atoms with Gasteiger partial charge in [0.1, 0.15) is 0 Å². The van der Waals surface area contributed by atoms with Crippen LogP contribution in [0.3, 0.4) is 0 Å². The smallest absolute Gasteiger partial charge is 0.175 e. The number of aliphatic hydroxyl groups excluding tert-OH is 1. The average molecular weight is 290 g/mol. The second-order valence-corrected chi connectivity index (χ2v) is 4.26. The number of aliphatic hydroxyl groups is 1. The maximum atomic E-state index is 9.86. The van der Waals surface area contributed by atoms with E-state index in [1.807, 2.05) is 13.0 Å². The number of hydrogen-bond donors (Lipinski definition) is 2. The van der Waals surface area contributed by atoms with Crippen LogP contribution in [0.4, 0.5) is 0 Å². The zero-order valence-corrected chi connectivity index (χ0v) is 11.2. The fourth-order valence-corrected chi connectivity index (χ4v) is 2.35. The first-order valence-electron chi connectivity index (χ1n) is 4.85. The van der Waals surface area contributed by atoms with Gasteiger partial charge in [-0.15, -0.1) is 0 Å². The molecule has 0 fully saturated rings. The second-order valence-electron chi connectivity index (χ2n) is 3.41. The van der Waals surface area contributed by atoms with Crippen molar-refractivity contribution in [2.75, 3.05) is 20.8 Å². The zero-order valence-electron chi connectivity index (χ0n) is 9.58. The van der Waals surface area contributed by atoms with E-state index in [2.05, 4.69) is 15.9 Å². The third-order valence-corrected chi connectivity index (χ3v) is 2.99. The molecule has 0 aliphatic rings. The molecule has 1 unspecified atom stereocenters. The monoisotopic (exact) mass is 289 g/mol. The Morgan fingerprint density at radius 1 is 1.38 bits per heavy atom. The van der Waals surface area contributed by atoms with Gasteiger partial charge in [-0.3, -0.25) is 0 Å². The summed E-state index contributed by atoms with van der Waals surface area (Å²) in [5, 5.41) is 9.86. The van der Waals surface area contributed by atoms with E-state index >= 15 is 0 Å². The molecular weight excluding hydrogens is 274 g/mol. The minimum absolute atomic E-state index is 0.141. The molecule has 0 saturated carbocycles.